The van der Waals surface area contributed by atoms with Crippen LogP contribution >= 0.6 is 27.7 Å². The van der Waals surface area contributed by atoms with Gasteiger partial charge in [-0.15, -0.1) is 11.8 Å². The highest BCUT2D eigenvalue weighted by atomic mass is 79.9. The van der Waals surface area contributed by atoms with E-state index in [1.807, 2.05) is 24.3 Å². The van der Waals surface area contributed by atoms with Crippen molar-refractivity contribution >= 4 is 45.4 Å². The third-order valence-electron chi connectivity index (χ3n) is 2.34. The van der Waals surface area contributed by atoms with Crippen LogP contribution in [0.2, 0.25) is 0 Å². The molecule has 1 rings (SSSR count). The highest BCUT2D eigenvalue weighted by molar-refractivity contribution is 9.10. The van der Waals surface area contributed by atoms with Crippen molar-refractivity contribution < 1.29 is 14.4 Å². The number of carbonyl (C=O) groups is 3. The maximum atomic E-state index is 11.9. The van der Waals surface area contributed by atoms with Gasteiger partial charge < -0.3 is 16.4 Å². The van der Waals surface area contributed by atoms with Gasteiger partial charge in [-0.05, 0) is 18.2 Å². The minimum absolute atomic E-state index is 0.254. The summed E-state index contributed by atoms with van der Waals surface area (Å²) in [5.41, 5.74) is 4.97. The van der Waals surface area contributed by atoms with Gasteiger partial charge in [0.15, 0.2) is 0 Å². The van der Waals surface area contributed by atoms with Gasteiger partial charge in [0.2, 0.25) is 17.7 Å². The molecule has 3 amide bonds. The lowest BCUT2D eigenvalue weighted by Gasteiger charge is -2.16. The Morgan fingerprint density at radius 3 is 2.67 bits per heavy atom. The van der Waals surface area contributed by atoms with Crippen LogP contribution in [0.25, 0.3) is 0 Å². The zero-order valence-electron chi connectivity index (χ0n) is 11.4. The summed E-state index contributed by atoms with van der Waals surface area (Å²) in [5, 5.41) is 4.94. The largest absolute Gasteiger partial charge is 0.368 e. The Hall–Kier alpha value is -1.54. The molecule has 114 valence electrons. The molecule has 1 aromatic carbocycles. The van der Waals surface area contributed by atoms with Crippen molar-refractivity contribution in [3.63, 3.8) is 0 Å². The lowest BCUT2D eigenvalue weighted by atomic mass is 10.3. The molecule has 0 heterocycles. The van der Waals surface area contributed by atoms with Gasteiger partial charge in [-0.25, -0.2) is 0 Å². The number of hydrogen-bond donors (Lipinski definition) is 3. The first-order valence-corrected chi connectivity index (χ1v) is 7.88. The van der Waals surface area contributed by atoms with Crippen LogP contribution < -0.4 is 16.4 Å². The SMILES string of the molecule is CC(=O)NC(CSc1cccc(Br)c1)C(=O)NCC(N)=O. The van der Waals surface area contributed by atoms with Crippen LogP contribution in [0.5, 0.6) is 0 Å². The molecule has 0 bridgehead atoms. The molecule has 8 heteroatoms. The van der Waals surface area contributed by atoms with Crippen LogP contribution in [0.3, 0.4) is 0 Å². The zero-order valence-corrected chi connectivity index (χ0v) is 13.8. The van der Waals surface area contributed by atoms with Crippen molar-refractivity contribution in [1.29, 1.82) is 0 Å². The van der Waals surface area contributed by atoms with Crippen molar-refractivity contribution in [2.24, 2.45) is 5.73 Å². The average molecular weight is 374 g/mol. The molecule has 0 aliphatic heterocycles. The quantitative estimate of drug-likeness (QED) is 0.610. The Morgan fingerprint density at radius 1 is 1.38 bits per heavy atom. The predicted molar refractivity (Wildman–Crippen MR) is 84.7 cm³/mol. The third kappa shape index (κ3) is 7.14. The summed E-state index contributed by atoms with van der Waals surface area (Å²) in [7, 11) is 0. The number of nitrogens with one attached hydrogen (secondary N) is 2. The third-order valence-corrected chi connectivity index (χ3v) is 3.92. The molecule has 0 aliphatic carbocycles. The fourth-order valence-corrected chi connectivity index (χ4v) is 2.99. The second-order valence-corrected chi connectivity index (χ2v) is 6.21. The van der Waals surface area contributed by atoms with Crippen LogP contribution in [0, 0.1) is 0 Å². The molecule has 0 radical (unpaired) electrons. The summed E-state index contributed by atoms with van der Waals surface area (Å²) in [6, 6.07) is 6.87. The van der Waals surface area contributed by atoms with Gasteiger partial charge in [0.1, 0.15) is 6.04 Å². The Balaban J connectivity index is 2.62. The van der Waals surface area contributed by atoms with E-state index in [1.165, 1.54) is 18.7 Å². The van der Waals surface area contributed by atoms with Gasteiger partial charge in [-0.3, -0.25) is 14.4 Å². The van der Waals surface area contributed by atoms with E-state index < -0.39 is 17.9 Å². The van der Waals surface area contributed by atoms with E-state index >= 15 is 0 Å². The normalized spacial score (nSPS) is 11.5. The average Bonchev–Trinajstić information content (AvgIpc) is 2.40. The van der Waals surface area contributed by atoms with E-state index in [-0.39, 0.29) is 12.5 Å². The maximum absolute atomic E-state index is 11.9. The molecule has 0 aliphatic rings. The van der Waals surface area contributed by atoms with E-state index in [4.69, 9.17) is 5.73 Å². The zero-order chi connectivity index (χ0) is 15.8. The number of rotatable bonds is 7. The monoisotopic (exact) mass is 373 g/mol. The first-order valence-electron chi connectivity index (χ1n) is 6.10. The van der Waals surface area contributed by atoms with Crippen molar-refractivity contribution in [3.8, 4) is 0 Å². The summed E-state index contributed by atoms with van der Waals surface area (Å²) in [6.07, 6.45) is 0. The van der Waals surface area contributed by atoms with Gasteiger partial charge in [0, 0.05) is 22.0 Å². The smallest absolute Gasteiger partial charge is 0.243 e. The van der Waals surface area contributed by atoms with E-state index in [1.54, 1.807) is 0 Å². The van der Waals surface area contributed by atoms with Gasteiger partial charge in [-0.2, -0.15) is 0 Å². The molecule has 4 N–H and O–H groups in total. The number of carbonyl (C=O) groups excluding carboxylic acids is 3. The molecule has 1 atom stereocenters. The second-order valence-electron chi connectivity index (χ2n) is 4.21. The van der Waals surface area contributed by atoms with Gasteiger partial charge in [-0.1, -0.05) is 22.0 Å². The standard InChI is InChI=1S/C13H16BrN3O3S/c1-8(18)17-11(13(20)16-6-12(15)19)7-21-10-4-2-3-9(14)5-10/h2-5,11H,6-7H2,1H3,(H2,15,19)(H,16,20)(H,17,18). The van der Waals surface area contributed by atoms with Gasteiger partial charge in [0.05, 0.1) is 6.54 Å². The van der Waals surface area contributed by atoms with Crippen molar-refractivity contribution in [2.75, 3.05) is 12.3 Å². The molecule has 0 aromatic heterocycles. The van der Waals surface area contributed by atoms with E-state index in [0.717, 1.165) is 9.37 Å². The summed E-state index contributed by atoms with van der Waals surface area (Å²) in [6.45, 7) is 1.08. The van der Waals surface area contributed by atoms with Crippen molar-refractivity contribution in [1.82, 2.24) is 10.6 Å². The van der Waals surface area contributed by atoms with Crippen LogP contribution in [-0.4, -0.2) is 36.1 Å². The number of thioether (sulfide) groups is 1. The Bertz CT molecular complexity index is 539. The second kappa shape index (κ2) is 8.68. The Kier molecular flexibility index (Phi) is 7.24. The molecule has 0 fully saturated rings. The molecule has 6 nitrogen and oxygen atoms in total. The number of halogens is 1. The first kappa shape index (κ1) is 17.5. The Labute approximate surface area is 135 Å². The molecule has 0 spiro atoms. The summed E-state index contributed by atoms with van der Waals surface area (Å²) < 4.78 is 0.932. The van der Waals surface area contributed by atoms with Crippen molar-refractivity contribution in [2.45, 2.75) is 17.9 Å². The molecule has 21 heavy (non-hydrogen) atoms. The number of nitrogens with two attached hydrogens (primary N) is 1. The number of primary amides is 1. The predicted octanol–water partition coefficient (Wildman–Crippen LogP) is 0.647. The molecule has 0 saturated heterocycles. The highest BCUT2D eigenvalue weighted by Crippen LogP contribution is 2.22. The lowest BCUT2D eigenvalue weighted by molar-refractivity contribution is -0.128. The fraction of sp³-hybridized carbons (Fsp3) is 0.308. The van der Waals surface area contributed by atoms with Crippen LogP contribution in [-0.2, 0) is 14.4 Å². The maximum Gasteiger partial charge on any atom is 0.243 e. The van der Waals surface area contributed by atoms with Crippen LogP contribution in [0.1, 0.15) is 6.92 Å². The lowest BCUT2D eigenvalue weighted by Crippen LogP contribution is -2.49. The molecular weight excluding hydrogens is 358 g/mol. The molecule has 1 aromatic rings. The summed E-state index contributed by atoms with van der Waals surface area (Å²) in [5.74, 6) is -1.04. The van der Waals surface area contributed by atoms with Crippen LogP contribution in [0.4, 0.5) is 0 Å². The number of benzene rings is 1. The number of amides is 3. The Morgan fingerprint density at radius 2 is 2.10 bits per heavy atom. The summed E-state index contributed by atoms with van der Waals surface area (Å²) >= 11 is 4.79. The van der Waals surface area contributed by atoms with Gasteiger partial charge >= 0.3 is 0 Å². The summed E-state index contributed by atoms with van der Waals surface area (Å²) in [4.78, 5) is 34.7. The van der Waals surface area contributed by atoms with E-state index in [9.17, 15) is 14.4 Å². The van der Waals surface area contributed by atoms with Crippen molar-refractivity contribution in [3.05, 3.63) is 28.7 Å². The topological polar surface area (TPSA) is 101 Å². The minimum atomic E-state index is -0.731. The van der Waals surface area contributed by atoms with Crippen LogP contribution in [0.15, 0.2) is 33.6 Å². The van der Waals surface area contributed by atoms with Gasteiger partial charge in [0.25, 0.3) is 0 Å². The minimum Gasteiger partial charge on any atom is -0.368 e. The highest BCUT2D eigenvalue weighted by Gasteiger charge is 2.19. The molecule has 1 unspecified atom stereocenters. The van der Waals surface area contributed by atoms with E-state index in [2.05, 4.69) is 26.6 Å². The first-order chi connectivity index (χ1) is 9.88. The molecular formula is C13H16BrN3O3S. The number of hydrogen-bond acceptors (Lipinski definition) is 4. The molecule has 0 saturated carbocycles. The fourth-order valence-electron chi connectivity index (χ4n) is 1.46. The van der Waals surface area contributed by atoms with E-state index in [0.29, 0.717) is 5.75 Å².